The van der Waals surface area contributed by atoms with Crippen LogP contribution in [-0.4, -0.2) is 68.4 Å². The fourth-order valence-electron chi connectivity index (χ4n) is 4.95. The summed E-state index contributed by atoms with van der Waals surface area (Å²) >= 11 is 0. The Labute approximate surface area is 199 Å². The van der Waals surface area contributed by atoms with Gasteiger partial charge >= 0.3 is 0 Å². The van der Waals surface area contributed by atoms with Crippen molar-refractivity contribution in [2.45, 2.75) is 31.6 Å². The third-order valence-electron chi connectivity index (χ3n) is 6.72. The Bertz CT molecular complexity index is 1270. The Morgan fingerprint density at radius 3 is 2.71 bits per heavy atom. The van der Waals surface area contributed by atoms with Crippen molar-refractivity contribution in [2.75, 3.05) is 24.7 Å². The Morgan fingerprint density at radius 2 is 2.09 bits per heavy atom. The second-order valence-electron chi connectivity index (χ2n) is 8.82. The molecule has 2 atom stereocenters. The molecular weight excluding hydrogens is 460 g/mol. The van der Waals surface area contributed by atoms with Gasteiger partial charge in [0, 0.05) is 12.7 Å². The van der Waals surface area contributed by atoms with Crippen LogP contribution in [0.3, 0.4) is 0 Å². The molecule has 0 spiro atoms. The van der Waals surface area contributed by atoms with Crippen LogP contribution < -0.4 is 10.7 Å². The van der Waals surface area contributed by atoms with Crippen LogP contribution in [0.5, 0.6) is 0 Å². The lowest BCUT2D eigenvalue weighted by Gasteiger charge is -2.34. The van der Waals surface area contributed by atoms with Crippen molar-refractivity contribution < 1.29 is 23.4 Å². The Kier molecular flexibility index (Phi) is 5.07. The van der Waals surface area contributed by atoms with Gasteiger partial charge in [-0.15, -0.1) is 0 Å². The number of nitrogens with zero attached hydrogens (tertiary/aromatic N) is 6. The predicted octanol–water partition coefficient (Wildman–Crippen LogP) is 1.43. The van der Waals surface area contributed by atoms with Gasteiger partial charge in [-0.25, -0.2) is 23.5 Å². The van der Waals surface area contributed by atoms with Gasteiger partial charge in [-0.05, 0) is 30.2 Å². The molecule has 6 rings (SSSR count). The molecule has 2 fully saturated rings. The number of carbonyl (C=O) groups excluding carboxylic acids is 1. The average Bonchev–Trinajstić information content (AvgIpc) is 3.65. The van der Waals surface area contributed by atoms with Gasteiger partial charge in [0.1, 0.15) is 11.5 Å². The molecule has 1 aromatic heterocycles. The van der Waals surface area contributed by atoms with E-state index in [0.717, 1.165) is 6.42 Å². The fraction of sp³-hybridized carbons (Fsp3) is 0.348. The van der Waals surface area contributed by atoms with Gasteiger partial charge in [0.2, 0.25) is 5.91 Å². The van der Waals surface area contributed by atoms with E-state index in [9.17, 15) is 18.7 Å². The predicted molar refractivity (Wildman–Crippen MR) is 121 cm³/mol. The Morgan fingerprint density at radius 1 is 1.29 bits per heavy atom. The summed E-state index contributed by atoms with van der Waals surface area (Å²) in [6.07, 6.45) is 3.26. The van der Waals surface area contributed by atoms with Gasteiger partial charge in [-0.3, -0.25) is 9.80 Å². The molecule has 12 heteroatoms. The number of carbonyl (C=O) groups is 1. The van der Waals surface area contributed by atoms with Gasteiger partial charge in [-0.2, -0.15) is 5.10 Å². The van der Waals surface area contributed by atoms with Crippen molar-refractivity contribution in [1.29, 1.82) is 0 Å². The largest absolute Gasteiger partial charge is 0.392 e. The van der Waals surface area contributed by atoms with Gasteiger partial charge in [0.15, 0.2) is 11.5 Å². The number of fused-ring (bicyclic) bond motifs is 3. The van der Waals surface area contributed by atoms with Gasteiger partial charge in [-0.1, -0.05) is 12.1 Å². The van der Waals surface area contributed by atoms with Crippen molar-refractivity contribution in [3.8, 4) is 5.69 Å². The molecule has 2 saturated heterocycles. The third-order valence-corrected chi connectivity index (χ3v) is 6.72. The number of hydrogen-bond acceptors (Lipinski definition) is 8. The standard InChI is InChI=1S/C23H23F2N7O3/c24-21(25)20-18(10-30(28-20)14-3-1-13(11-33)2-4-14)32-9-17(22(26)34)23-27-19(5-6-31(23)32)29-8-16-7-15(29)12-35-16/h1-6,10,15-16,21,33H,7-9,11-12H2,(H2,26,34)/t15-,16-/m1/s1. The van der Waals surface area contributed by atoms with E-state index in [-0.39, 0.29) is 36.6 Å². The molecule has 0 aliphatic carbocycles. The summed E-state index contributed by atoms with van der Waals surface area (Å²) in [6, 6.07) is 6.99. The minimum Gasteiger partial charge on any atom is -0.392 e. The van der Waals surface area contributed by atoms with Crippen molar-refractivity contribution in [3.63, 3.8) is 0 Å². The van der Waals surface area contributed by atoms with Crippen LogP contribution >= 0.6 is 0 Å². The topological polar surface area (TPSA) is 112 Å². The number of morpholine rings is 1. The lowest BCUT2D eigenvalue weighted by atomic mass is 10.2. The second kappa shape index (κ2) is 8.17. The van der Waals surface area contributed by atoms with Gasteiger partial charge in [0.05, 0.1) is 49.4 Å². The molecule has 10 nitrogen and oxygen atoms in total. The lowest BCUT2D eigenvalue weighted by molar-refractivity contribution is -0.114. The first-order valence-electron chi connectivity index (χ1n) is 11.3. The summed E-state index contributed by atoms with van der Waals surface area (Å²) in [5.74, 6) is 0.350. The maximum atomic E-state index is 14.0. The molecule has 4 aliphatic heterocycles. The fourth-order valence-corrected chi connectivity index (χ4v) is 4.95. The number of hydrogen-bond donors (Lipinski definition) is 2. The average molecular weight is 483 g/mol. The maximum absolute atomic E-state index is 14.0. The number of rotatable bonds is 5. The Hall–Kier alpha value is -3.77. The SMILES string of the molecule is NC(=O)C1=C2N=C(N3C[C@H]4C[C@@H]3CO4)C=CN2N(c2cn(-c3ccc(CO)cc3)nc2C(F)F)C1. The van der Waals surface area contributed by atoms with Crippen LogP contribution in [0.15, 0.2) is 59.1 Å². The highest BCUT2D eigenvalue weighted by Gasteiger charge is 2.42. The number of ether oxygens (including phenoxy) is 1. The van der Waals surface area contributed by atoms with E-state index in [1.165, 1.54) is 15.9 Å². The number of aromatic nitrogens is 2. The van der Waals surface area contributed by atoms with Crippen LogP contribution in [0.1, 0.15) is 24.1 Å². The molecule has 0 radical (unpaired) electrons. The number of likely N-dealkylation sites (tertiary alicyclic amines) is 1. The van der Waals surface area contributed by atoms with E-state index >= 15 is 0 Å². The monoisotopic (exact) mass is 483 g/mol. The van der Waals surface area contributed by atoms with Crippen molar-refractivity contribution in [1.82, 2.24) is 19.7 Å². The number of anilines is 1. The van der Waals surface area contributed by atoms with Crippen LogP contribution in [0.2, 0.25) is 0 Å². The molecule has 3 N–H and O–H groups in total. The van der Waals surface area contributed by atoms with E-state index < -0.39 is 18.0 Å². The minimum atomic E-state index is -2.85. The zero-order chi connectivity index (χ0) is 24.3. The molecule has 2 bridgehead atoms. The first kappa shape index (κ1) is 21.7. The van der Waals surface area contributed by atoms with Crippen LogP contribution in [0, 0.1) is 0 Å². The van der Waals surface area contributed by atoms with E-state index in [1.54, 1.807) is 41.6 Å². The summed E-state index contributed by atoms with van der Waals surface area (Å²) in [6.45, 7) is 1.20. The molecule has 0 unspecified atom stereocenters. The van der Waals surface area contributed by atoms with E-state index in [1.807, 2.05) is 0 Å². The van der Waals surface area contributed by atoms with Crippen molar-refractivity contribution in [3.05, 3.63) is 65.4 Å². The second-order valence-corrected chi connectivity index (χ2v) is 8.82. The van der Waals surface area contributed by atoms with Crippen LogP contribution in [-0.2, 0) is 16.1 Å². The zero-order valence-corrected chi connectivity index (χ0v) is 18.6. The number of aliphatic imine (C=N–C) groups is 1. The molecular formula is C23H23F2N7O3. The minimum absolute atomic E-state index is 0.0180. The highest BCUT2D eigenvalue weighted by atomic mass is 19.3. The third kappa shape index (κ3) is 3.56. The van der Waals surface area contributed by atoms with Crippen molar-refractivity contribution >= 4 is 17.4 Å². The molecule has 4 aliphatic rings. The molecule has 1 aromatic carbocycles. The number of halogens is 2. The Balaban J connectivity index is 1.35. The number of hydrazine groups is 1. The van der Waals surface area contributed by atoms with E-state index in [0.29, 0.717) is 36.1 Å². The normalized spacial score (nSPS) is 23.1. The molecule has 182 valence electrons. The van der Waals surface area contributed by atoms with Crippen molar-refractivity contribution in [2.24, 2.45) is 10.7 Å². The quantitative estimate of drug-likeness (QED) is 0.662. The number of amidine groups is 1. The first-order chi connectivity index (χ1) is 16.9. The molecule has 1 amide bonds. The van der Waals surface area contributed by atoms with Crippen LogP contribution in [0.25, 0.3) is 5.69 Å². The number of primary amides is 1. The van der Waals surface area contributed by atoms with Crippen LogP contribution in [0.4, 0.5) is 14.5 Å². The highest BCUT2D eigenvalue weighted by Crippen LogP contribution is 2.38. The smallest absolute Gasteiger partial charge is 0.284 e. The first-order valence-corrected chi connectivity index (χ1v) is 11.3. The summed E-state index contributed by atoms with van der Waals surface area (Å²) in [5, 5.41) is 16.5. The number of nitrogens with two attached hydrogens (primary N) is 1. The lowest BCUT2D eigenvalue weighted by Crippen LogP contribution is -2.43. The van der Waals surface area contributed by atoms with E-state index in [2.05, 4.69) is 10.00 Å². The summed E-state index contributed by atoms with van der Waals surface area (Å²) in [5.41, 5.74) is 6.84. The molecule has 2 aromatic rings. The zero-order valence-electron chi connectivity index (χ0n) is 18.6. The number of aliphatic hydroxyl groups is 1. The summed E-state index contributed by atoms with van der Waals surface area (Å²) < 4.78 is 35.1. The number of alkyl halides is 2. The van der Waals surface area contributed by atoms with E-state index in [4.69, 9.17) is 15.5 Å². The molecule has 5 heterocycles. The van der Waals surface area contributed by atoms with Gasteiger partial charge < -0.3 is 20.5 Å². The number of benzene rings is 1. The number of amides is 1. The molecule has 0 saturated carbocycles. The highest BCUT2D eigenvalue weighted by molar-refractivity contribution is 5.99. The maximum Gasteiger partial charge on any atom is 0.284 e. The molecule has 35 heavy (non-hydrogen) atoms. The summed E-state index contributed by atoms with van der Waals surface area (Å²) in [4.78, 5) is 19.1. The number of aliphatic hydroxyl groups excluding tert-OH is 1. The summed E-state index contributed by atoms with van der Waals surface area (Å²) in [7, 11) is 0. The van der Waals surface area contributed by atoms with Gasteiger partial charge in [0.25, 0.3) is 6.43 Å².